The van der Waals surface area contributed by atoms with Crippen LogP contribution in [0.3, 0.4) is 0 Å². The Kier molecular flexibility index (Phi) is 2.31. The second kappa shape index (κ2) is 3.07. The molecule has 0 atom stereocenters. The van der Waals surface area contributed by atoms with Crippen LogP contribution >= 0.6 is 23.2 Å². The van der Waals surface area contributed by atoms with Gasteiger partial charge in [0.2, 0.25) is 0 Å². The van der Waals surface area contributed by atoms with Gasteiger partial charge in [0.05, 0.1) is 5.02 Å². The maximum Gasteiger partial charge on any atom is 0.356 e. The molecule has 1 N–H and O–H groups in total. The lowest BCUT2D eigenvalue weighted by Gasteiger charge is -1.96. The van der Waals surface area contributed by atoms with Gasteiger partial charge in [-0.15, -0.1) is 0 Å². The maximum atomic E-state index is 10.4. The van der Waals surface area contributed by atoms with Gasteiger partial charge < -0.3 is 5.11 Å². The number of rotatable bonds is 1. The Balaban J connectivity index is 3.23. The predicted octanol–water partition coefficient (Wildman–Crippen LogP) is 2.09. The molecule has 0 aliphatic carbocycles. The smallest absolute Gasteiger partial charge is 0.356 e. The summed E-state index contributed by atoms with van der Waals surface area (Å²) in [6.45, 7) is 0. The van der Waals surface area contributed by atoms with Gasteiger partial charge >= 0.3 is 5.97 Å². The second-order valence-corrected chi connectivity index (χ2v) is 2.56. The number of nitrogens with zero attached hydrogens (tertiary/aromatic N) is 1. The summed E-state index contributed by atoms with van der Waals surface area (Å²) in [5.74, 6) is -1.18. The van der Waals surface area contributed by atoms with Gasteiger partial charge in [0.15, 0.2) is 5.69 Å². The van der Waals surface area contributed by atoms with E-state index < -0.39 is 5.97 Å². The van der Waals surface area contributed by atoms with Crippen LogP contribution in [0, 0.1) is 0 Å². The average Bonchev–Trinajstić information content (AvgIpc) is 1.94. The minimum Gasteiger partial charge on any atom is -0.476 e. The van der Waals surface area contributed by atoms with Crippen LogP contribution in [0.2, 0.25) is 10.2 Å². The lowest BCUT2D eigenvalue weighted by Crippen LogP contribution is -2.00. The molecule has 3 nitrogen and oxygen atoms in total. The lowest BCUT2D eigenvalue weighted by atomic mass is 10.8. The van der Waals surface area contributed by atoms with Gasteiger partial charge in [-0.3, -0.25) is 0 Å². The number of carboxylic acid groups (broad SMARTS) is 1. The Morgan fingerprint density at radius 2 is 2.09 bits per heavy atom. The molecule has 0 spiro atoms. The summed E-state index contributed by atoms with van der Waals surface area (Å²) in [6, 6.07) is 2.82. The van der Waals surface area contributed by atoms with Crippen LogP contribution in [-0.2, 0) is 0 Å². The summed E-state index contributed by atoms with van der Waals surface area (Å²) >= 11 is 10.9. The fourth-order valence-electron chi connectivity index (χ4n) is 0.568. The Morgan fingerprint density at radius 1 is 1.45 bits per heavy atom. The van der Waals surface area contributed by atoms with E-state index in [1.807, 2.05) is 0 Å². The van der Waals surface area contributed by atoms with E-state index in [4.69, 9.17) is 28.3 Å². The highest BCUT2D eigenvalue weighted by Crippen LogP contribution is 2.16. The van der Waals surface area contributed by atoms with Gasteiger partial charge in [0.25, 0.3) is 0 Å². The summed E-state index contributed by atoms with van der Waals surface area (Å²) < 4.78 is 0. The molecule has 0 radical (unpaired) electrons. The Hall–Kier alpha value is -0.800. The molecule has 1 rings (SSSR count). The molecule has 1 heterocycles. The Bertz CT molecular complexity index is 301. The van der Waals surface area contributed by atoms with Crippen LogP contribution in [0.4, 0.5) is 0 Å². The van der Waals surface area contributed by atoms with Crippen molar-refractivity contribution in [2.24, 2.45) is 0 Å². The highest BCUT2D eigenvalue weighted by atomic mass is 35.5. The van der Waals surface area contributed by atoms with Crippen LogP contribution < -0.4 is 0 Å². The molecule has 58 valence electrons. The zero-order chi connectivity index (χ0) is 8.43. The summed E-state index contributed by atoms with van der Waals surface area (Å²) in [5, 5.41) is 8.69. The van der Waals surface area contributed by atoms with E-state index in [1.54, 1.807) is 0 Å². The van der Waals surface area contributed by atoms with Crippen LogP contribution in [0.25, 0.3) is 0 Å². The SMILES string of the molecule is O=C(O)[13c]1[15n][13c](Cl)cc[13c]1Cl. The van der Waals surface area contributed by atoms with Crippen molar-refractivity contribution in [3.05, 3.63) is 28.0 Å². The first kappa shape index (κ1) is 8.30. The highest BCUT2D eigenvalue weighted by Gasteiger charge is 2.09. The zero-order valence-electron chi connectivity index (χ0n) is 5.21. The first-order valence-electron chi connectivity index (χ1n) is 2.66. The molecule has 11 heavy (non-hydrogen) atoms. The fourth-order valence-corrected chi connectivity index (χ4v) is 0.902. The van der Waals surface area contributed by atoms with E-state index in [2.05, 4.69) is 4.98 Å². The van der Waals surface area contributed by atoms with Crippen LogP contribution in [0.5, 0.6) is 0 Å². The maximum absolute atomic E-state index is 10.4. The monoisotopic (exact) mass is 195 g/mol. The van der Waals surface area contributed by atoms with Crippen LogP contribution in [0.15, 0.2) is 12.1 Å². The minimum absolute atomic E-state index is 0.0851. The normalized spacial score (nSPS) is 9.64. The first-order chi connectivity index (χ1) is 5.11. The molecule has 1 aromatic heterocycles. The number of carbonyl (C=O) groups is 1. The van der Waals surface area contributed by atoms with Gasteiger partial charge in [0, 0.05) is 0 Å². The quantitative estimate of drug-likeness (QED) is 0.699. The van der Waals surface area contributed by atoms with Crippen molar-refractivity contribution in [3.63, 3.8) is 0 Å². The molecule has 0 saturated carbocycles. The molecule has 0 aliphatic heterocycles. The third-order valence-electron chi connectivity index (χ3n) is 1.01. The zero-order valence-corrected chi connectivity index (χ0v) is 6.73. The van der Waals surface area contributed by atoms with Crippen molar-refractivity contribution in [1.82, 2.24) is 4.98 Å². The van der Waals surface area contributed by atoms with Crippen molar-refractivity contribution in [3.8, 4) is 0 Å². The minimum atomic E-state index is -1.18. The molecule has 0 saturated heterocycles. The van der Waals surface area contributed by atoms with Crippen molar-refractivity contribution in [1.29, 1.82) is 0 Å². The number of halogens is 2. The van der Waals surface area contributed by atoms with Gasteiger partial charge in [-0.2, -0.15) is 0 Å². The summed E-state index contributed by atoms with van der Waals surface area (Å²) in [4.78, 5) is 13.9. The van der Waals surface area contributed by atoms with Crippen molar-refractivity contribution < 1.29 is 9.90 Å². The molecule has 0 aliphatic rings. The van der Waals surface area contributed by atoms with E-state index in [-0.39, 0.29) is 15.9 Å². The number of carboxylic acids is 1. The van der Waals surface area contributed by atoms with E-state index in [9.17, 15) is 4.79 Å². The standard InChI is InChI=1S/C6H3Cl2NO2/c7-3-1-2-4(8)9-5(3)6(10)11/h1-2H,(H,10,11)/i3+1,4+1,5+1,9+1. The van der Waals surface area contributed by atoms with Crippen molar-refractivity contribution in [2.75, 3.05) is 0 Å². The molecular formula is C6H3Cl2NO2. The number of aromatic nitrogens is 1. The largest absolute Gasteiger partial charge is 0.476 e. The van der Waals surface area contributed by atoms with Gasteiger partial charge in [-0.25, -0.2) is 9.78 Å². The van der Waals surface area contributed by atoms with Crippen molar-refractivity contribution in [2.45, 2.75) is 0 Å². The average molecular weight is 196 g/mol. The third-order valence-corrected chi connectivity index (χ3v) is 1.53. The summed E-state index contributed by atoms with van der Waals surface area (Å²) in [5.41, 5.74) is -0.223. The topological polar surface area (TPSA) is 50.2 Å². The van der Waals surface area contributed by atoms with E-state index in [0.29, 0.717) is 0 Å². The molecule has 0 amide bonds. The van der Waals surface area contributed by atoms with Crippen molar-refractivity contribution >= 4 is 29.2 Å². The van der Waals surface area contributed by atoms with E-state index in [1.165, 1.54) is 12.1 Å². The number of pyridine rings is 1. The Morgan fingerprint density at radius 3 is 2.55 bits per heavy atom. The molecule has 0 aromatic carbocycles. The molecule has 0 unspecified atom stereocenters. The predicted molar refractivity (Wildman–Crippen MR) is 41.2 cm³/mol. The van der Waals surface area contributed by atoms with Crippen LogP contribution in [0.1, 0.15) is 10.5 Å². The van der Waals surface area contributed by atoms with Crippen LogP contribution in [-0.4, -0.2) is 16.1 Å². The second-order valence-electron chi connectivity index (χ2n) is 1.77. The first-order valence-corrected chi connectivity index (χ1v) is 3.42. The molecular weight excluding hydrogens is 193 g/mol. The molecule has 1 aromatic rings. The van der Waals surface area contributed by atoms with E-state index in [0.717, 1.165) is 0 Å². The third kappa shape index (κ3) is 1.82. The van der Waals surface area contributed by atoms with E-state index >= 15 is 0 Å². The molecule has 5 heteroatoms. The van der Waals surface area contributed by atoms with Gasteiger partial charge in [-0.1, -0.05) is 23.2 Å². The number of aromatic carboxylic acids is 1. The van der Waals surface area contributed by atoms with Gasteiger partial charge in [-0.05, 0) is 12.1 Å². The molecule has 0 bridgehead atoms. The summed E-state index contributed by atoms with van der Waals surface area (Å²) in [7, 11) is 0. The number of hydrogen-bond donors (Lipinski definition) is 1. The summed E-state index contributed by atoms with van der Waals surface area (Å²) in [6.07, 6.45) is 0. The molecule has 0 fully saturated rings. The van der Waals surface area contributed by atoms with Gasteiger partial charge in [0.1, 0.15) is 5.15 Å². The lowest BCUT2D eigenvalue weighted by molar-refractivity contribution is 0.0690. The fraction of sp³-hybridized carbons (Fsp3) is 0. The highest BCUT2D eigenvalue weighted by molar-refractivity contribution is 6.34. The Labute approximate surface area is 72.6 Å². The number of hydrogen-bond acceptors (Lipinski definition) is 2.